The fraction of sp³-hybridized carbons (Fsp3) is 0.878. The van der Waals surface area contributed by atoms with Gasteiger partial charge >= 0.3 is 0 Å². The van der Waals surface area contributed by atoms with Gasteiger partial charge < -0.3 is 35.8 Å². The Morgan fingerprint density at radius 2 is 1.68 bits per heavy atom. The summed E-state index contributed by atoms with van der Waals surface area (Å²) in [5.41, 5.74) is 6.43. The second-order valence-electron chi connectivity index (χ2n) is 20.3. The summed E-state index contributed by atoms with van der Waals surface area (Å²) in [6, 6.07) is 0.422. The van der Waals surface area contributed by atoms with Crippen LogP contribution < -0.4 is 16.4 Å². The number of ketones is 2. The molecule has 2 heterocycles. The minimum atomic E-state index is -0.848. The highest BCUT2D eigenvalue weighted by Crippen LogP contribution is 2.43. The summed E-state index contributed by atoms with van der Waals surface area (Å²) < 4.78 is 5.72. The number of methoxy groups -OCH3 is 1. The average molecular weight is 826 g/mol. The van der Waals surface area contributed by atoms with Crippen LogP contribution in [0.1, 0.15) is 148 Å². The molecule has 15 atom stereocenters. The molecule has 0 amide bonds. The first-order valence-corrected chi connectivity index (χ1v) is 24.5. The molecule has 0 bridgehead atoms. The number of ether oxygens (including phenoxy) is 1. The van der Waals surface area contributed by atoms with Crippen LogP contribution in [0.15, 0.2) is 12.2 Å². The molecule has 0 radical (unpaired) electrons. The lowest BCUT2D eigenvalue weighted by molar-refractivity contribution is -0.712. The Morgan fingerprint density at radius 1 is 0.881 bits per heavy atom. The number of carbonyl (C=O) groups excluding carboxylic acids is 2. The Bertz CT molecular complexity index is 1390. The van der Waals surface area contributed by atoms with Crippen LogP contribution in [0.4, 0.5) is 0 Å². The lowest BCUT2D eigenvalue weighted by atomic mass is 9.67. The van der Waals surface area contributed by atoms with Crippen LogP contribution in [0.3, 0.4) is 0 Å². The van der Waals surface area contributed by atoms with Crippen molar-refractivity contribution in [2.45, 2.75) is 184 Å². The van der Waals surface area contributed by atoms with Gasteiger partial charge in [0, 0.05) is 57.2 Å². The molecule has 2 aliphatic heterocycles. The Kier molecular flexibility index (Phi) is 18.8. The average Bonchev–Trinajstić information content (AvgIpc) is 3.30. The van der Waals surface area contributed by atoms with Crippen molar-refractivity contribution >= 4 is 11.6 Å². The van der Waals surface area contributed by atoms with Crippen molar-refractivity contribution in [3.05, 3.63) is 12.2 Å². The number of aliphatic hydroxyl groups excluding tert-OH is 4. The van der Waals surface area contributed by atoms with Crippen molar-refractivity contribution in [3.63, 3.8) is 0 Å². The monoisotopic (exact) mass is 826 g/mol. The summed E-state index contributed by atoms with van der Waals surface area (Å²) in [5.74, 6) is 9.68. The molecule has 5 fully saturated rings. The standard InChI is InChI=1S/C49H81N3O7/c1-59-48-27-37-17-21-46(57)42(45(56)11-5-9-33(10-6-24-53)39-25-38-15-19-41(55)29-44(38)52-31-39)20-16-34(43(37)30-47(48)58)14-18-40(54)26-35(36-22-23-51-49(50)28-36)13-12-32-7-3-2-4-8-32/h12-13,32-40,42-45,47-49,51-54,56,58H,2-11,14-15,17-19,21-31,50H2,1H3/p+2/t33-,34-,35+,36?,37?,38+,39-,40+,42-,43?,44-,45-,47?,48?,49?/m1/s1. The first-order valence-electron chi connectivity index (χ1n) is 24.5. The van der Waals surface area contributed by atoms with E-state index in [1.165, 1.54) is 32.1 Å². The fourth-order valence-electron chi connectivity index (χ4n) is 12.7. The molecule has 0 aromatic rings. The van der Waals surface area contributed by atoms with Gasteiger partial charge in [-0.2, -0.15) is 0 Å². The Balaban J connectivity index is 1.11. The molecule has 0 aromatic carbocycles. The molecule has 59 heavy (non-hydrogen) atoms. The van der Waals surface area contributed by atoms with Crippen molar-refractivity contribution in [1.82, 2.24) is 0 Å². The van der Waals surface area contributed by atoms with Gasteiger partial charge in [-0.15, -0.1) is 0 Å². The van der Waals surface area contributed by atoms with E-state index in [0.717, 1.165) is 64.5 Å². The van der Waals surface area contributed by atoms with E-state index in [4.69, 9.17) is 10.5 Å². The number of carbonyl (C=O) groups is 2. The Hall–Kier alpha value is -1.68. The van der Waals surface area contributed by atoms with Crippen LogP contribution in [-0.4, -0.2) is 95.4 Å². The summed E-state index contributed by atoms with van der Waals surface area (Å²) in [4.78, 5) is 26.0. The molecule has 334 valence electrons. The highest BCUT2D eigenvalue weighted by molar-refractivity contribution is 5.84. The van der Waals surface area contributed by atoms with Crippen LogP contribution >= 0.6 is 0 Å². The summed E-state index contributed by atoms with van der Waals surface area (Å²) >= 11 is 0. The van der Waals surface area contributed by atoms with Gasteiger partial charge in [-0.25, -0.2) is 0 Å². The maximum Gasteiger partial charge on any atom is 0.150 e. The number of fused-ring (bicyclic) bond motifs is 2. The lowest BCUT2D eigenvalue weighted by Crippen LogP contribution is -2.95. The molecule has 10 nitrogen and oxygen atoms in total. The number of hydrogen-bond acceptors (Lipinski definition) is 8. The van der Waals surface area contributed by atoms with Crippen molar-refractivity contribution in [1.29, 1.82) is 0 Å². The van der Waals surface area contributed by atoms with E-state index in [2.05, 4.69) is 34.6 Å². The predicted molar refractivity (Wildman–Crippen MR) is 229 cm³/mol. The first-order chi connectivity index (χ1) is 28.6. The summed E-state index contributed by atoms with van der Waals surface area (Å²) in [6.07, 6.45) is 23.2. The molecular weight excluding hydrogens is 743 g/mol. The molecule has 0 aromatic heterocycles. The van der Waals surface area contributed by atoms with E-state index in [-0.39, 0.29) is 48.3 Å². The number of hydrogen-bond donors (Lipinski definition) is 7. The van der Waals surface area contributed by atoms with E-state index < -0.39 is 24.2 Å². The number of rotatable bonds is 18. The zero-order chi connectivity index (χ0) is 41.7. The number of nitrogens with two attached hydrogens (primary N) is 3. The SMILES string of the molecule is COC1CC2CCC(=O)[C@@H]([C@H](O)CCC[C@H](CCCO)[C@H]3C[NH2+][C@@H]4CC(=O)CC[C@H]4C3)C#C[C@@H](CC[C@H](O)C[C@H](C=CC3CCCCC3)C3CC[NH2+]C(N)C3)C2CC1O. The Morgan fingerprint density at radius 3 is 2.46 bits per heavy atom. The minimum absolute atomic E-state index is 0.0108. The maximum absolute atomic E-state index is 13.9. The molecule has 6 unspecified atom stereocenters. The molecular formula is C49H83N3O7+2. The smallest absolute Gasteiger partial charge is 0.150 e. The highest BCUT2D eigenvalue weighted by Gasteiger charge is 2.43. The third kappa shape index (κ3) is 13.7. The lowest BCUT2D eigenvalue weighted by Gasteiger charge is -2.41. The largest absolute Gasteiger partial charge is 0.396 e. The van der Waals surface area contributed by atoms with E-state index in [9.17, 15) is 30.0 Å². The maximum atomic E-state index is 13.9. The van der Waals surface area contributed by atoms with Gasteiger partial charge in [-0.3, -0.25) is 15.3 Å². The van der Waals surface area contributed by atoms with Crippen molar-refractivity contribution < 1.29 is 45.4 Å². The van der Waals surface area contributed by atoms with Crippen LogP contribution in [-0.2, 0) is 14.3 Å². The van der Waals surface area contributed by atoms with Crippen LogP contribution in [0.25, 0.3) is 0 Å². The second kappa shape index (κ2) is 23.7. The van der Waals surface area contributed by atoms with Gasteiger partial charge in [-0.05, 0) is 125 Å². The predicted octanol–water partition coefficient (Wildman–Crippen LogP) is 3.77. The quantitative estimate of drug-likeness (QED) is 0.0806. The van der Waals surface area contributed by atoms with Crippen molar-refractivity contribution in [3.8, 4) is 11.8 Å². The minimum Gasteiger partial charge on any atom is -0.396 e. The molecule has 10 heteroatoms. The van der Waals surface area contributed by atoms with Gasteiger partial charge in [0.2, 0.25) is 0 Å². The zero-order valence-electron chi connectivity index (χ0n) is 36.5. The molecule has 6 aliphatic rings. The fourth-order valence-corrected chi connectivity index (χ4v) is 12.7. The van der Waals surface area contributed by atoms with Gasteiger partial charge in [0.15, 0.2) is 0 Å². The van der Waals surface area contributed by atoms with Crippen molar-refractivity contribution in [2.75, 3.05) is 26.8 Å². The van der Waals surface area contributed by atoms with Crippen LogP contribution in [0, 0.1) is 71.0 Å². The number of piperidine rings is 2. The summed E-state index contributed by atoms with van der Waals surface area (Å²) in [7, 11) is 1.65. The molecule has 2 saturated heterocycles. The third-order valence-electron chi connectivity index (χ3n) is 16.3. The van der Waals surface area contributed by atoms with E-state index >= 15 is 0 Å². The number of aliphatic hydroxyl groups is 4. The molecule has 4 aliphatic carbocycles. The van der Waals surface area contributed by atoms with Gasteiger partial charge in [0.25, 0.3) is 0 Å². The van der Waals surface area contributed by atoms with Gasteiger partial charge in [-0.1, -0.05) is 49.7 Å². The van der Waals surface area contributed by atoms with E-state index in [1.54, 1.807) is 7.11 Å². The number of quaternary nitrogens is 2. The summed E-state index contributed by atoms with van der Waals surface area (Å²) in [5, 5.41) is 48.9. The topological polar surface area (TPSA) is 184 Å². The zero-order valence-corrected chi connectivity index (χ0v) is 36.5. The van der Waals surface area contributed by atoms with Crippen LogP contribution in [0.5, 0.6) is 0 Å². The normalized spacial score (nSPS) is 36.9. The molecule has 6 rings (SSSR count). The Labute approximate surface area is 356 Å². The molecule has 10 N–H and O–H groups in total. The first kappa shape index (κ1) is 46.8. The van der Waals surface area contributed by atoms with Gasteiger partial charge in [0.1, 0.15) is 23.7 Å². The van der Waals surface area contributed by atoms with E-state index in [1.807, 2.05) is 0 Å². The van der Waals surface area contributed by atoms with Crippen molar-refractivity contribution in [2.24, 2.45) is 64.9 Å². The van der Waals surface area contributed by atoms with Crippen LogP contribution in [0.2, 0.25) is 0 Å². The van der Waals surface area contributed by atoms with Gasteiger partial charge in [0.05, 0.1) is 50.0 Å². The molecule has 0 spiro atoms. The number of Topliss-reactive ketones (excluding diaryl/α,β-unsaturated/α-hetero) is 2. The summed E-state index contributed by atoms with van der Waals surface area (Å²) in [6.45, 7) is 2.22. The third-order valence-corrected chi connectivity index (χ3v) is 16.3. The van der Waals surface area contributed by atoms with E-state index in [0.29, 0.717) is 106 Å². The number of allylic oxidation sites excluding steroid dienone is 2. The highest BCUT2D eigenvalue weighted by atomic mass is 16.5. The molecule has 3 saturated carbocycles. The second-order valence-corrected chi connectivity index (χ2v) is 20.3.